The highest BCUT2D eigenvalue weighted by molar-refractivity contribution is 5.91. The van der Waals surface area contributed by atoms with Gasteiger partial charge in [0.2, 0.25) is 0 Å². The number of aromatic nitrogens is 1. The molecule has 0 aliphatic rings. The van der Waals surface area contributed by atoms with E-state index in [9.17, 15) is 4.79 Å². The first kappa shape index (κ1) is 17.3. The maximum Gasteiger partial charge on any atom is 0.340 e. The van der Waals surface area contributed by atoms with Crippen LogP contribution in [0, 0.1) is 23.7 Å². The van der Waals surface area contributed by atoms with Crippen molar-refractivity contribution in [2.24, 2.45) is 0 Å². The van der Waals surface area contributed by atoms with Gasteiger partial charge < -0.3 is 4.74 Å². The first-order valence-corrected chi connectivity index (χ1v) is 7.87. The number of pyridine rings is 1. The number of rotatable bonds is 4. The van der Waals surface area contributed by atoms with Crippen molar-refractivity contribution < 1.29 is 9.53 Å². The van der Waals surface area contributed by atoms with Crippen molar-refractivity contribution in [3.63, 3.8) is 0 Å². The maximum atomic E-state index is 11.6. The Morgan fingerprint density at radius 3 is 2.42 bits per heavy atom. The fraction of sp³-hybridized carbons (Fsp3) is 0.238. The van der Waals surface area contributed by atoms with E-state index >= 15 is 0 Å². The second-order valence-electron chi connectivity index (χ2n) is 5.07. The molecule has 0 radical (unpaired) electrons. The zero-order valence-corrected chi connectivity index (χ0v) is 13.7. The van der Waals surface area contributed by atoms with Gasteiger partial charge in [-0.1, -0.05) is 36.0 Å². The molecule has 120 valence electrons. The summed E-state index contributed by atoms with van der Waals surface area (Å²) in [4.78, 5) is 15.7. The van der Waals surface area contributed by atoms with E-state index in [2.05, 4.69) is 28.7 Å². The zero-order valence-electron chi connectivity index (χ0n) is 13.7. The molecule has 0 unspecified atom stereocenters. The summed E-state index contributed by atoms with van der Waals surface area (Å²) in [5.41, 5.74) is 1.91. The predicted octanol–water partition coefficient (Wildman–Crippen LogP) is 3.83. The Bertz CT molecular complexity index is 789. The summed E-state index contributed by atoms with van der Waals surface area (Å²) < 4.78 is 4.72. The molecule has 0 amide bonds. The van der Waals surface area contributed by atoms with Crippen LogP contribution in [0.25, 0.3) is 0 Å². The number of hydrogen-bond donors (Lipinski definition) is 0. The van der Waals surface area contributed by atoms with E-state index < -0.39 is 5.97 Å². The van der Waals surface area contributed by atoms with Crippen molar-refractivity contribution in [2.45, 2.75) is 25.7 Å². The van der Waals surface area contributed by atoms with Crippen LogP contribution in [0.4, 0.5) is 0 Å². The van der Waals surface area contributed by atoms with Gasteiger partial charge in [-0.15, -0.1) is 0 Å². The van der Waals surface area contributed by atoms with Crippen molar-refractivity contribution in [2.75, 3.05) is 7.11 Å². The fourth-order valence-electron chi connectivity index (χ4n) is 2.04. The van der Waals surface area contributed by atoms with Crippen LogP contribution in [0.5, 0.6) is 0 Å². The molecular formula is C21H19NO2. The average molecular weight is 317 g/mol. The van der Waals surface area contributed by atoms with Crippen LogP contribution in [-0.2, 0) is 4.74 Å². The van der Waals surface area contributed by atoms with Crippen molar-refractivity contribution >= 4 is 5.97 Å². The minimum atomic E-state index is -0.413. The number of carbonyl (C=O) groups excluding carboxylic acids is 1. The SMILES string of the molecule is COC(=O)c1cccnc1C#CCCCCC#Cc1ccccc1. The molecule has 0 bridgehead atoms. The Morgan fingerprint density at radius 2 is 1.71 bits per heavy atom. The second kappa shape index (κ2) is 9.87. The smallest absolute Gasteiger partial charge is 0.340 e. The maximum absolute atomic E-state index is 11.6. The van der Waals surface area contributed by atoms with Gasteiger partial charge in [-0.2, -0.15) is 0 Å². The quantitative estimate of drug-likeness (QED) is 0.489. The third-order valence-electron chi connectivity index (χ3n) is 3.28. The highest BCUT2D eigenvalue weighted by Crippen LogP contribution is 2.06. The molecule has 0 aliphatic carbocycles. The summed E-state index contributed by atoms with van der Waals surface area (Å²) in [5, 5.41) is 0. The van der Waals surface area contributed by atoms with Gasteiger partial charge in [0, 0.05) is 24.6 Å². The summed E-state index contributed by atoms with van der Waals surface area (Å²) >= 11 is 0. The lowest BCUT2D eigenvalue weighted by Gasteiger charge is -2.00. The molecule has 0 fully saturated rings. The average Bonchev–Trinajstić information content (AvgIpc) is 2.64. The third-order valence-corrected chi connectivity index (χ3v) is 3.28. The fourth-order valence-corrected chi connectivity index (χ4v) is 2.04. The summed E-state index contributed by atoms with van der Waals surface area (Å²) in [6.45, 7) is 0. The molecule has 1 aromatic carbocycles. The normalized spacial score (nSPS) is 9.21. The molecule has 24 heavy (non-hydrogen) atoms. The van der Waals surface area contributed by atoms with Crippen molar-refractivity contribution in [3.05, 3.63) is 65.5 Å². The Hall–Kier alpha value is -3.04. The van der Waals surface area contributed by atoms with E-state index in [0.29, 0.717) is 11.3 Å². The standard InChI is InChI=1S/C21H19NO2/c1-24-21(23)19-15-11-17-22-20(19)16-10-5-3-2-4-7-12-18-13-8-6-9-14-18/h6,8-9,11,13-15,17H,2-5H2,1H3. The van der Waals surface area contributed by atoms with E-state index in [1.807, 2.05) is 30.3 Å². The monoisotopic (exact) mass is 317 g/mol. The van der Waals surface area contributed by atoms with Crippen molar-refractivity contribution in [3.8, 4) is 23.7 Å². The van der Waals surface area contributed by atoms with Gasteiger partial charge >= 0.3 is 5.97 Å². The number of ether oxygens (including phenoxy) is 1. The summed E-state index contributed by atoms with van der Waals surface area (Å²) in [7, 11) is 1.35. The minimum absolute atomic E-state index is 0.404. The number of carbonyl (C=O) groups is 1. The molecule has 3 nitrogen and oxygen atoms in total. The van der Waals surface area contributed by atoms with Gasteiger partial charge in [0.1, 0.15) is 5.69 Å². The second-order valence-corrected chi connectivity index (χ2v) is 5.07. The molecule has 0 N–H and O–H groups in total. The molecule has 2 aromatic rings. The zero-order chi connectivity index (χ0) is 17.0. The largest absolute Gasteiger partial charge is 0.465 e. The van der Waals surface area contributed by atoms with E-state index in [1.54, 1.807) is 18.3 Å². The van der Waals surface area contributed by atoms with Crippen LogP contribution in [0.1, 0.15) is 47.3 Å². The number of nitrogens with zero attached hydrogens (tertiary/aromatic N) is 1. The lowest BCUT2D eigenvalue weighted by molar-refractivity contribution is 0.0600. The molecule has 0 saturated carbocycles. The molecule has 0 aliphatic heterocycles. The number of esters is 1. The van der Waals surface area contributed by atoms with Gasteiger partial charge in [-0.3, -0.25) is 0 Å². The van der Waals surface area contributed by atoms with Gasteiger partial charge in [-0.05, 0) is 43.0 Å². The predicted molar refractivity (Wildman–Crippen MR) is 94.2 cm³/mol. The van der Waals surface area contributed by atoms with Crippen LogP contribution in [-0.4, -0.2) is 18.1 Å². The van der Waals surface area contributed by atoms with Gasteiger partial charge in [-0.25, -0.2) is 9.78 Å². The first-order valence-electron chi connectivity index (χ1n) is 7.87. The summed E-state index contributed by atoms with van der Waals surface area (Å²) in [6.07, 6.45) is 5.20. The molecule has 0 saturated heterocycles. The Labute approximate surface area is 143 Å². The highest BCUT2D eigenvalue weighted by atomic mass is 16.5. The Morgan fingerprint density at radius 1 is 1.00 bits per heavy atom. The molecule has 3 heteroatoms. The molecule has 0 spiro atoms. The van der Waals surface area contributed by atoms with E-state index in [4.69, 9.17) is 4.74 Å². The topological polar surface area (TPSA) is 39.2 Å². The van der Waals surface area contributed by atoms with Crippen LogP contribution >= 0.6 is 0 Å². The molecule has 1 aromatic heterocycles. The number of methoxy groups -OCH3 is 1. The van der Waals surface area contributed by atoms with E-state index in [1.165, 1.54) is 7.11 Å². The van der Waals surface area contributed by atoms with Gasteiger partial charge in [0.05, 0.1) is 12.7 Å². The summed E-state index contributed by atoms with van der Waals surface area (Å²) in [6, 6.07) is 13.3. The molecular weight excluding hydrogens is 298 g/mol. The van der Waals surface area contributed by atoms with Gasteiger partial charge in [0.15, 0.2) is 0 Å². The highest BCUT2D eigenvalue weighted by Gasteiger charge is 2.09. The third kappa shape index (κ3) is 5.63. The summed E-state index contributed by atoms with van der Waals surface area (Å²) in [5.74, 6) is 11.9. The van der Waals surface area contributed by atoms with Crippen molar-refractivity contribution in [1.29, 1.82) is 0 Å². The number of hydrogen-bond acceptors (Lipinski definition) is 3. The lowest BCUT2D eigenvalue weighted by Crippen LogP contribution is -2.05. The number of benzene rings is 1. The minimum Gasteiger partial charge on any atom is -0.465 e. The number of unbranched alkanes of at least 4 members (excludes halogenated alkanes) is 3. The first-order chi connectivity index (χ1) is 11.8. The van der Waals surface area contributed by atoms with Gasteiger partial charge in [0.25, 0.3) is 0 Å². The molecule has 0 atom stereocenters. The lowest BCUT2D eigenvalue weighted by atomic mass is 10.1. The Balaban J connectivity index is 1.77. The van der Waals surface area contributed by atoms with Crippen molar-refractivity contribution in [1.82, 2.24) is 4.98 Å². The van der Waals surface area contributed by atoms with E-state index in [-0.39, 0.29) is 0 Å². The van der Waals surface area contributed by atoms with E-state index in [0.717, 1.165) is 31.2 Å². The van der Waals surface area contributed by atoms with Crippen LogP contribution in [0.15, 0.2) is 48.7 Å². The molecule has 2 rings (SSSR count). The molecule has 1 heterocycles. The Kier molecular flexibility index (Phi) is 7.12. The van der Waals surface area contributed by atoms with Crippen LogP contribution in [0.3, 0.4) is 0 Å². The van der Waals surface area contributed by atoms with Crippen LogP contribution in [0.2, 0.25) is 0 Å². The van der Waals surface area contributed by atoms with Crippen LogP contribution < -0.4 is 0 Å².